The molecule has 0 saturated heterocycles. The molecule has 0 aliphatic heterocycles. The highest BCUT2D eigenvalue weighted by molar-refractivity contribution is 9.10. The molecule has 2 aromatic carbocycles. The molecule has 0 unspecified atom stereocenters. The number of sulfone groups is 1. The van der Waals surface area contributed by atoms with Crippen LogP contribution in [0.15, 0.2) is 50.8 Å². The minimum atomic E-state index is -3.44. The van der Waals surface area contributed by atoms with E-state index in [-0.39, 0.29) is 22.8 Å². The molecule has 136 valence electrons. The monoisotopic (exact) mass is 454 g/mol. The minimum Gasteiger partial charge on any atom is -0.294 e. The number of nitrogens with zero attached hydrogens (tertiary/aromatic N) is 2. The zero-order valence-electron chi connectivity index (χ0n) is 14.2. The molecule has 0 amide bonds. The molecule has 0 aliphatic rings. The lowest BCUT2D eigenvalue weighted by Crippen LogP contribution is -2.22. The Balaban J connectivity index is 2.16. The van der Waals surface area contributed by atoms with Gasteiger partial charge in [0.15, 0.2) is 9.84 Å². The van der Waals surface area contributed by atoms with E-state index in [9.17, 15) is 13.2 Å². The van der Waals surface area contributed by atoms with Crippen molar-refractivity contribution in [3.05, 3.63) is 67.6 Å². The predicted octanol–water partition coefficient (Wildman–Crippen LogP) is 3.96. The smallest absolute Gasteiger partial charge is 0.261 e. The van der Waals surface area contributed by atoms with Crippen LogP contribution in [-0.4, -0.2) is 23.7 Å². The molecule has 0 bridgehead atoms. The van der Waals surface area contributed by atoms with Gasteiger partial charge in [0.2, 0.25) is 0 Å². The summed E-state index contributed by atoms with van der Waals surface area (Å²) in [5.41, 5.74) is 1.80. The molecule has 3 rings (SSSR count). The summed E-state index contributed by atoms with van der Waals surface area (Å²) in [6, 6.07) is 8.16. The summed E-state index contributed by atoms with van der Waals surface area (Å²) in [5.74, 6) is -0.0290. The highest BCUT2D eigenvalue weighted by Gasteiger charge is 2.18. The second-order valence-electron chi connectivity index (χ2n) is 5.95. The zero-order valence-corrected chi connectivity index (χ0v) is 17.3. The number of hydrogen-bond acceptors (Lipinski definition) is 4. The van der Waals surface area contributed by atoms with Crippen LogP contribution in [0.3, 0.4) is 0 Å². The van der Waals surface area contributed by atoms with Crippen LogP contribution in [0.4, 0.5) is 0 Å². The molecule has 0 saturated carbocycles. The summed E-state index contributed by atoms with van der Waals surface area (Å²) < 4.78 is 26.9. The van der Waals surface area contributed by atoms with Crippen molar-refractivity contribution in [3.63, 3.8) is 0 Å². The third-order valence-electron chi connectivity index (χ3n) is 4.18. The molecule has 1 heterocycles. The fraction of sp³-hybridized carbons (Fsp3) is 0.222. The third-order valence-corrected chi connectivity index (χ3v) is 7.10. The summed E-state index contributed by atoms with van der Waals surface area (Å²) >= 11 is 9.47. The van der Waals surface area contributed by atoms with E-state index in [2.05, 4.69) is 20.9 Å². The molecule has 0 N–H and O–H groups in total. The second-order valence-corrected chi connectivity index (χ2v) is 9.49. The summed E-state index contributed by atoms with van der Waals surface area (Å²) in [7, 11) is -3.44. The van der Waals surface area contributed by atoms with E-state index in [1.54, 1.807) is 19.1 Å². The van der Waals surface area contributed by atoms with Gasteiger partial charge < -0.3 is 0 Å². The number of halogens is 2. The van der Waals surface area contributed by atoms with Gasteiger partial charge in [-0.05, 0) is 48.4 Å². The number of benzene rings is 2. The molecular formula is C18H16BrClN2O3S. The molecule has 8 heteroatoms. The quantitative estimate of drug-likeness (QED) is 0.597. The topological polar surface area (TPSA) is 69.0 Å². The summed E-state index contributed by atoms with van der Waals surface area (Å²) in [6.45, 7) is 3.57. The van der Waals surface area contributed by atoms with Crippen molar-refractivity contribution < 1.29 is 8.42 Å². The van der Waals surface area contributed by atoms with Gasteiger partial charge in [-0.3, -0.25) is 9.36 Å². The van der Waals surface area contributed by atoms with Crippen LogP contribution in [0, 0.1) is 6.92 Å². The largest absolute Gasteiger partial charge is 0.294 e. The van der Waals surface area contributed by atoms with Crippen LogP contribution in [-0.2, 0) is 16.4 Å². The Bertz CT molecular complexity index is 1170. The molecular weight excluding hydrogens is 440 g/mol. The van der Waals surface area contributed by atoms with Crippen molar-refractivity contribution >= 4 is 48.3 Å². The first-order valence-corrected chi connectivity index (χ1v) is 10.7. The average molecular weight is 456 g/mol. The van der Waals surface area contributed by atoms with Crippen molar-refractivity contribution in [2.75, 3.05) is 5.75 Å². The van der Waals surface area contributed by atoms with E-state index >= 15 is 0 Å². The SMILES string of the molecule is CCS(=O)(=O)c1ccc(Cl)cc1Cn1cnc2cc(C)c(Br)cc2c1=O. The van der Waals surface area contributed by atoms with Gasteiger partial charge in [-0.25, -0.2) is 13.4 Å². The van der Waals surface area contributed by atoms with Gasteiger partial charge in [0, 0.05) is 9.50 Å². The van der Waals surface area contributed by atoms with Gasteiger partial charge in [0.05, 0.1) is 34.4 Å². The van der Waals surface area contributed by atoms with Gasteiger partial charge >= 0.3 is 0 Å². The van der Waals surface area contributed by atoms with Gasteiger partial charge in [-0.15, -0.1) is 0 Å². The lowest BCUT2D eigenvalue weighted by Gasteiger charge is -2.12. The van der Waals surface area contributed by atoms with Crippen LogP contribution in [0.2, 0.25) is 5.02 Å². The maximum atomic E-state index is 12.8. The fourth-order valence-electron chi connectivity index (χ4n) is 2.71. The number of hydrogen-bond donors (Lipinski definition) is 0. The van der Waals surface area contributed by atoms with Crippen molar-refractivity contribution in [2.45, 2.75) is 25.3 Å². The molecule has 0 radical (unpaired) electrons. The molecule has 0 aliphatic carbocycles. The molecule has 26 heavy (non-hydrogen) atoms. The van der Waals surface area contributed by atoms with Crippen LogP contribution < -0.4 is 5.56 Å². The molecule has 5 nitrogen and oxygen atoms in total. The number of rotatable bonds is 4. The van der Waals surface area contributed by atoms with Crippen LogP contribution in [0.25, 0.3) is 10.9 Å². The van der Waals surface area contributed by atoms with E-state index in [1.165, 1.54) is 23.0 Å². The van der Waals surface area contributed by atoms with Crippen LogP contribution >= 0.6 is 27.5 Å². The molecule has 1 aromatic heterocycles. The third kappa shape index (κ3) is 3.56. The van der Waals surface area contributed by atoms with E-state index < -0.39 is 9.84 Å². The fourth-order valence-corrected chi connectivity index (χ4v) is 4.36. The minimum absolute atomic E-state index is 0.0290. The first kappa shape index (κ1) is 19.1. The second kappa shape index (κ2) is 7.13. The highest BCUT2D eigenvalue weighted by Crippen LogP contribution is 2.23. The standard InChI is InChI=1S/C18H16BrClN2O3S/c1-3-26(24,25)17-5-4-13(20)7-12(17)9-22-10-21-16-6-11(2)15(19)8-14(16)18(22)23/h4-8,10H,3,9H2,1-2H3. The van der Waals surface area contributed by atoms with E-state index in [0.717, 1.165) is 10.0 Å². The van der Waals surface area contributed by atoms with Gasteiger partial charge in [0.1, 0.15) is 0 Å². The number of aromatic nitrogens is 2. The normalized spacial score (nSPS) is 11.8. The number of aryl methyl sites for hydroxylation is 1. The predicted molar refractivity (Wildman–Crippen MR) is 107 cm³/mol. The molecule has 0 spiro atoms. The first-order valence-electron chi connectivity index (χ1n) is 7.89. The Hall–Kier alpha value is -1.70. The highest BCUT2D eigenvalue weighted by atomic mass is 79.9. The van der Waals surface area contributed by atoms with Gasteiger partial charge in [-0.2, -0.15) is 0 Å². The van der Waals surface area contributed by atoms with Crippen LogP contribution in [0.1, 0.15) is 18.1 Å². The summed E-state index contributed by atoms with van der Waals surface area (Å²) in [5, 5.41) is 0.877. The lowest BCUT2D eigenvalue weighted by atomic mass is 10.1. The van der Waals surface area contributed by atoms with Crippen LogP contribution in [0.5, 0.6) is 0 Å². The maximum Gasteiger partial charge on any atom is 0.261 e. The average Bonchev–Trinajstić information content (AvgIpc) is 2.59. The number of fused-ring (bicyclic) bond motifs is 1. The van der Waals surface area contributed by atoms with Crippen molar-refractivity contribution in [3.8, 4) is 0 Å². The van der Waals surface area contributed by atoms with E-state index in [1.807, 2.05) is 13.0 Å². The van der Waals surface area contributed by atoms with Gasteiger partial charge in [-0.1, -0.05) is 34.5 Å². The lowest BCUT2D eigenvalue weighted by molar-refractivity contribution is 0.595. The molecule has 3 aromatic rings. The van der Waals surface area contributed by atoms with Crippen molar-refractivity contribution in [1.82, 2.24) is 9.55 Å². The first-order chi connectivity index (χ1) is 12.2. The Morgan fingerprint density at radius 2 is 1.96 bits per heavy atom. The van der Waals surface area contributed by atoms with Gasteiger partial charge in [0.25, 0.3) is 5.56 Å². The maximum absolute atomic E-state index is 12.8. The summed E-state index contributed by atoms with van der Waals surface area (Å²) in [6.07, 6.45) is 1.43. The Morgan fingerprint density at radius 1 is 1.23 bits per heavy atom. The Morgan fingerprint density at radius 3 is 2.65 bits per heavy atom. The summed E-state index contributed by atoms with van der Waals surface area (Å²) in [4.78, 5) is 17.3. The Labute approximate surface area is 164 Å². The Kier molecular flexibility index (Phi) is 5.23. The van der Waals surface area contributed by atoms with Crippen molar-refractivity contribution in [1.29, 1.82) is 0 Å². The molecule has 0 fully saturated rings. The van der Waals surface area contributed by atoms with E-state index in [0.29, 0.717) is 21.5 Å². The molecule has 0 atom stereocenters. The van der Waals surface area contributed by atoms with E-state index in [4.69, 9.17) is 11.6 Å². The zero-order chi connectivity index (χ0) is 19.1. The van der Waals surface area contributed by atoms with Crippen molar-refractivity contribution in [2.24, 2.45) is 0 Å².